The summed E-state index contributed by atoms with van der Waals surface area (Å²) in [5, 5.41) is 6.20. The smallest absolute Gasteiger partial charge is 0.160 e. The van der Waals surface area contributed by atoms with E-state index in [9.17, 15) is 0 Å². The lowest BCUT2D eigenvalue weighted by molar-refractivity contribution is 0.473. The maximum atomic E-state index is 4.45. The standard InChI is InChI=1S/C8H12N4S2/c1-2-10-7(9-1)14-6-5-13-8-11-3-4-12(6)8/h6H,1-5H2,(H,9,10). The van der Waals surface area contributed by atoms with Gasteiger partial charge in [0.15, 0.2) is 10.3 Å². The van der Waals surface area contributed by atoms with Crippen molar-refractivity contribution < 1.29 is 0 Å². The maximum Gasteiger partial charge on any atom is 0.160 e. The summed E-state index contributed by atoms with van der Waals surface area (Å²) in [7, 11) is 0. The third kappa shape index (κ3) is 1.50. The van der Waals surface area contributed by atoms with Crippen LogP contribution in [0.15, 0.2) is 9.98 Å². The second-order valence-corrected chi connectivity index (χ2v) is 5.51. The molecule has 6 heteroatoms. The fourth-order valence-corrected chi connectivity index (χ4v) is 4.28. The number of hydrogen-bond donors (Lipinski definition) is 1. The summed E-state index contributed by atoms with van der Waals surface area (Å²) in [6.07, 6.45) is 0. The van der Waals surface area contributed by atoms with Gasteiger partial charge in [-0.25, -0.2) is 0 Å². The van der Waals surface area contributed by atoms with Crippen LogP contribution in [0.25, 0.3) is 0 Å². The van der Waals surface area contributed by atoms with Gasteiger partial charge >= 0.3 is 0 Å². The van der Waals surface area contributed by atoms with Gasteiger partial charge in [0.2, 0.25) is 0 Å². The number of thioether (sulfide) groups is 2. The molecule has 1 unspecified atom stereocenters. The van der Waals surface area contributed by atoms with Gasteiger partial charge in [-0.2, -0.15) is 0 Å². The lowest BCUT2D eigenvalue weighted by Gasteiger charge is -2.20. The van der Waals surface area contributed by atoms with Crippen molar-refractivity contribution in [3.8, 4) is 0 Å². The molecule has 3 heterocycles. The van der Waals surface area contributed by atoms with Crippen LogP contribution < -0.4 is 5.32 Å². The van der Waals surface area contributed by atoms with Gasteiger partial charge in [0.05, 0.1) is 18.5 Å². The van der Waals surface area contributed by atoms with E-state index in [1.807, 2.05) is 23.5 Å². The summed E-state index contributed by atoms with van der Waals surface area (Å²) in [6.45, 7) is 4.00. The summed E-state index contributed by atoms with van der Waals surface area (Å²) in [4.78, 5) is 11.3. The monoisotopic (exact) mass is 228 g/mol. The van der Waals surface area contributed by atoms with E-state index in [4.69, 9.17) is 0 Å². The molecule has 1 atom stereocenters. The van der Waals surface area contributed by atoms with Crippen molar-refractivity contribution in [3.63, 3.8) is 0 Å². The molecule has 0 saturated carbocycles. The molecule has 0 amide bonds. The van der Waals surface area contributed by atoms with Crippen LogP contribution in [-0.2, 0) is 0 Å². The molecule has 0 spiro atoms. The van der Waals surface area contributed by atoms with Gasteiger partial charge < -0.3 is 10.2 Å². The molecule has 0 radical (unpaired) electrons. The molecule has 1 N–H and O–H groups in total. The first kappa shape index (κ1) is 8.91. The Morgan fingerprint density at radius 1 is 1.43 bits per heavy atom. The molecule has 0 aromatic heterocycles. The molecule has 4 nitrogen and oxygen atoms in total. The molecule has 0 bridgehead atoms. The Bertz CT molecular complexity index is 302. The van der Waals surface area contributed by atoms with Crippen LogP contribution in [0.4, 0.5) is 0 Å². The number of nitrogens with one attached hydrogen (secondary N) is 1. The summed E-state index contributed by atoms with van der Waals surface area (Å²) in [5.41, 5.74) is 0. The molecular formula is C8H12N4S2. The minimum atomic E-state index is 0.547. The molecule has 76 valence electrons. The topological polar surface area (TPSA) is 40.0 Å². The second-order valence-electron chi connectivity index (χ2n) is 3.35. The average molecular weight is 228 g/mol. The Morgan fingerprint density at radius 2 is 2.43 bits per heavy atom. The molecule has 0 aromatic carbocycles. The predicted molar refractivity (Wildman–Crippen MR) is 63.1 cm³/mol. The van der Waals surface area contributed by atoms with Crippen LogP contribution in [-0.4, -0.2) is 52.5 Å². The van der Waals surface area contributed by atoms with Crippen molar-refractivity contribution in [2.24, 2.45) is 9.98 Å². The lowest BCUT2D eigenvalue weighted by Crippen LogP contribution is -2.32. The highest BCUT2D eigenvalue weighted by Crippen LogP contribution is 2.33. The van der Waals surface area contributed by atoms with Crippen LogP contribution in [0.1, 0.15) is 0 Å². The molecule has 14 heavy (non-hydrogen) atoms. The van der Waals surface area contributed by atoms with E-state index in [0.29, 0.717) is 5.37 Å². The van der Waals surface area contributed by atoms with E-state index in [0.717, 1.165) is 37.1 Å². The van der Waals surface area contributed by atoms with Gasteiger partial charge in [-0.15, -0.1) is 0 Å². The van der Waals surface area contributed by atoms with Gasteiger partial charge in [-0.1, -0.05) is 23.5 Å². The first-order valence-corrected chi connectivity index (χ1v) is 6.69. The zero-order valence-electron chi connectivity index (χ0n) is 7.77. The Balaban J connectivity index is 1.66. The van der Waals surface area contributed by atoms with Crippen LogP contribution in [0, 0.1) is 0 Å². The van der Waals surface area contributed by atoms with Crippen LogP contribution >= 0.6 is 23.5 Å². The molecule has 0 aliphatic carbocycles. The van der Waals surface area contributed by atoms with E-state index in [2.05, 4.69) is 20.2 Å². The highest BCUT2D eigenvalue weighted by atomic mass is 32.2. The van der Waals surface area contributed by atoms with Crippen molar-refractivity contribution in [3.05, 3.63) is 0 Å². The van der Waals surface area contributed by atoms with Crippen molar-refractivity contribution in [2.45, 2.75) is 5.37 Å². The Kier molecular flexibility index (Phi) is 2.33. The molecule has 3 aliphatic rings. The number of fused-ring (bicyclic) bond motifs is 1. The van der Waals surface area contributed by atoms with Gasteiger partial charge in [-0.05, 0) is 0 Å². The number of rotatable bonds is 1. The maximum absolute atomic E-state index is 4.45. The number of amidine groups is 2. The molecule has 3 rings (SSSR count). The average Bonchev–Trinajstić information content (AvgIpc) is 2.85. The van der Waals surface area contributed by atoms with Crippen LogP contribution in [0.3, 0.4) is 0 Å². The minimum absolute atomic E-state index is 0.547. The van der Waals surface area contributed by atoms with Crippen molar-refractivity contribution in [1.29, 1.82) is 0 Å². The quantitative estimate of drug-likeness (QED) is 0.706. The Hall–Kier alpha value is -0.360. The van der Waals surface area contributed by atoms with Crippen LogP contribution in [0.5, 0.6) is 0 Å². The Morgan fingerprint density at radius 3 is 3.29 bits per heavy atom. The SMILES string of the molecule is C1CNC(SC2CSC3=NCCN32)=N1. The number of nitrogens with zero attached hydrogens (tertiary/aromatic N) is 3. The first-order chi connectivity index (χ1) is 6.93. The van der Waals surface area contributed by atoms with Gasteiger partial charge in [0.1, 0.15) is 0 Å². The summed E-state index contributed by atoms with van der Waals surface area (Å²) < 4.78 is 0. The first-order valence-electron chi connectivity index (χ1n) is 4.82. The highest BCUT2D eigenvalue weighted by Gasteiger charge is 2.34. The molecule has 3 aliphatic heterocycles. The van der Waals surface area contributed by atoms with Gasteiger partial charge in [0, 0.05) is 18.8 Å². The largest absolute Gasteiger partial charge is 0.363 e. The summed E-state index contributed by atoms with van der Waals surface area (Å²) >= 11 is 3.73. The normalized spacial score (nSPS) is 30.0. The van der Waals surface area contributed by atoms with E-state index < -0.39 is 0 Å². The fraction of sp³-hybridized carbons (Fsp3) is 0.750. The summed E-state index contributed by atoms with van der Waals surface area (Å²) in [6, 6.07) is 0. The van der Waals surface area contributed by atoms with Crippen molar-refractivity contribution >= 4 is 33.9 Å². The third-order valence-electron chi connectivity index (χ3n) is 2.43. The molecular weight excluding hydrogens is 216 g/mol. The van der Waals surface area contributed by atoms with E-state index >= 15 is 0 Å². The van der Waals surface area contributed by atoms with Gasteiger partial charge in [-0.3, -0.25) is 9.98 Å². The van der Waals surface area contributed by atoms with E-state index in [1.165, 1.54) is 5.17 Å². The fourth-order valence-electron chi connectivity index (χ4n) is 1.75. The lowest BCUT2D eigenvalue weighted by atomic mass is 10.6. The molecule has 1 saturated heterocycles. The zero-order chi connectivity index (χ0) is 9.38. The second kappa shape index (κ2) is 3.66. The van der Waals surface area contributed by atoms with Crippen molar-refractivity contribution in [2.75, 3.05) is 31.9 Å². The number of aliphatic imine (C=N–C) groups is 2. The highest BCUT2D eigenvalue weighted by molar-refractivity contribution is 8.18. The van der Waals surface area contributed by atoms with Crippen LogP contribution in [0.2, 0.25) is 0 Å². The van der Waals surface area contributed by atoms with E-state index in [-0.39, 0.29) is 0 Å². The molecule has 0 aromatic rings. The van der Waals surface area contributed by atoms with Gasteiger partial charge in [0.25, 0.3) is 0 Å². The Labute approximate surface area is 91.6 Å². The number of hydrogen-bond acceptors (Lipinski definition) is 6. The minimum Gasteiger partial charge on any atom is -0.363 e. The third-order valence-corrected chi connectivity index (χ3v) is 4.93. The molecule has 1 fully saturated rings. The van der Waals surface area contributed by atoms with Crippen molar-refractivity contribution in [1.82, 2.24) is 10.2 Å². The zero-order valence-corrected chi connectivity index (χ0v) is 9.40. The van der Waals surface area contributed by atoms with E-state index in [1.54, 1.807) is 0 Å². The predicted octanol–water partition coefficient (Wildman–Crippen LogP) is 0.423. The summed E-state index contributed by atoms with van der Waals surface area (Å²) in [5.74, 6) is 1.14.